The normalized spacial score (nSPS) is 15.1. The first-order valence-corrected chi connectivity index (χ1v) is 14.2. The van der Waals surface area contributed by atoms with E-state index >= 15 is 0 Å². The highest BCUT2D eigenvalue weighted by molar-refractivity contribution is 7.86. The first-order chi connectivity index (χ1) is 18.2. The second kappa shape index (κ2) is 12.5. The highest BCUT2D eigenvalue weighted by Gasteiger charge is 2.23. The molecule has 0 spiro atoms. The van der Waals surface area contributed by atoms with E-state index in [1.807, 2.05) is 38.1 Å². The van der Waals surface area contributed by atoms with Gasteiger partial charge >= 0.3 is 5.97 Å². The topological polar surface area (TPSA) is 113 Å². The molecule has 0 bridgehead atoms. The van der Waals surface area contributed by atoms with E-state index in [1.54, 1.807) is 12.1 Å². The van der Waals surface area contributed by atoms with Crippen molar-refractivity contribution in [2.45, 2.75) is 70.4 Å². The molecule has 3 N–H and O–H groups in total. The second-order valence-electron chi connectivity index (χ2n) is 10.3. The fourth-order valence-electron chi connectivity index (χ4n) is 4.62. The van der Waals surface area contributed by atoms with Crippen molar-refractivity contribution in [3.05, 3.63) is 65.2 Å². The molecule has 2 aromatic carbocycles. The standard InChI is InChI=1S/C29H36N4O4S/c1-18(2)14-23(30-22-11-7-12-22)17-37-26-16-25(27-19(3)8-5-9-20(27)4)31-29(32-26)33-38(36)24-13-6-10-21(15-24)28(34)35/h5-6,8-10,13,15-16,18,22-23,30H,7,11-12,14,17H2,1-4H3,(H,34,35)(H,31,32,33). The number of hydrogen-bond donors (Lipinski definition) is 3. The lowest BCUT2D eigenvalue weighted by Crippen LogP contribution is -2.45. The van der Waals surface area contributed by atoms with Crippen molar-refractivity contribution in [1.29, 1.82) is 0 Å². The van der Waals surface area contributed by atoms with Crippen molar-refractivity contribution in [1.82, 2.24) is 15.3 Å². The molecule has 9 heteroatoms. The molecule has 1 saturated carbocycles. The molecule has 38 heavy (non-hydrogen) atoms. The molecule has 1 fully saturated rings. The summed E-state index contributed by atoms with van der Waals surface area (Å²) in [6.07, 6.45) is 4.64. The summed E-state index contributed by atoms with van der Waals surface area (Å²) in [4.78, 5) is 20.9. The lowest BCUT2D eigenvalue weighted by Gasteiger charge is -2.32. The maximum Gasteiger partial charge on any atom is 0.335 e. The van der Waals surface area contributed by atoms with Crippen LogP contribution in [-0.4, -0.2) is 43.9 Å². The number of nitrogens with zero attached hydrogens (tertiary/aromatic N) is 2. The van der Waals surface area contributed by atoms with Gasteiger partial charge in [0.1, 0.15) is 6.61 Å². The van der Waals surface area contributed by atoms with Crippen LogP contribution < -0.4 is 14.8 Å². The molecule has 4 rings (SSSR count). The van der Waals surface area contributed by atoms with Gasteiger partial charge in [-0.15, -0.1) is 0 Å². The Labute approximate surface area is 226 Å². The van der Waals surface area contributed by atoms with Crippen molar-refractivity contribution in [3.63, 3.8) is 0 Å². The molecule has 0 saturated heterocycles. The van der Waals surface area contributed by atoms with Gasteiger partial charge in [-0.3, -0.25) is 4.72 Å². The molecule has 202 valence electrons. The number of hydrogen-bond acceptors (Lipinski definition) is 6. The molecule has 2 unspecified atom stereocenters. The highest BCUT2D eigenvalue weighted by Crippen LogP contribution is 2.29. The molecule has 8 nitrogen and oxygen atoms in total. The summed E-state index contributed by atoms with van der Waals surface area (Å²) in [5, 5.41) is 13.0. The van der Waals surface area contributed by atoms with E-state index in [1.165, 1.54) is 31.4 Å². The molecular weight excluding hydrogens is 500 g/mol. The van der Waals surface area contributed by atoms with E-state index in [4.69, 9.17) is 4.74 Å². The predicted molar refractivity (Wildman–Crippen MR) is 150 cm³/mol. The quantitative estimate of drug-likeness (QED) is 0.279. The van der Waals surface area contributed by atoms with Crippen molar-refractivity contribution in [3.8, 4) is 17.1 Å². The first kappa shape index (κ1) is 27.7. The zero-order valence-electron chi connectivity index (χ0n) is 22.4. The smallest absolute Gasteiger partial charge is 0.335 e. The van der Waals surface area contributed by atoms with Gasteiger partial charge < -0.3 is 15.2 Å². The van der Waals surface area contributed by atoms with E-state index in [0.29, 0.717) is 35.0 Å². The van der Waals surface area contributed by atoms with Crippen molar-refractivity contribution in [2.24, 2.45) is 5.92 Å². The van der Waals surface area contributed by atoms with Crippen LogP contribution >= 0.6 is 0 Å². The Morgan fingerprint density at radius 3 is 2.45 bits per heavy atom. The van der Waals surface area contributed by atoms with E-state index in [9.17, 15) is 14.1 Å². The highest BCUT2D eigenvalue weighted by atomic mass is 32.2. The number of rotatable bonds is 12. The van der Waals surface area contributed by atoms with Gasteiger partial charge in [-0.2, -0.15) is 4.98 Å². The maximum atomic E-state index is 13.1. The molecule has 0 amide bonds. The lowest BCUT2D eigenvalue weighted by atomic mass is 9.91. The Balaban J connectivity index is 1.62. The number of benzene rings is 2. The fourth-order valence-corrected chi connectivity index (χ4v) is 5.44. The monoisotopic (exact) mass is 536 g/mol. The number of ether oxygens (including phenoxy) is 1. The molecule has 3 aromatic rings. The van der Waals surface area contributed by atoms with Crippen LogP contribution in [0, 0.1) is 19.8 Å². The molecule has 1 aliphatic carbocycles. The number of carbonyl (C=O) groups is 1. The fraction of sp³-hybridized carbons (Fsp3) is 0.414. The van der Waals surface area contributed by atoms with Gasteiger partial charge in [-0.05, 0) is 68.4 Å². The second-order valence-corrected chi connectivity index (χ2v) is 11.5. The summed E-state index contributed by atoms with van der Waals surface area (Å²) in [7, 11) is -1.77. The van der Waals surface area contributed by atoms with E-state index in [-0.39, 0.29) is 17.6 Å². The Morgan fingerprint density at radius 2 is 1.82 bits per heavy atom. The largest absolute Gasteiger partial charge is 0.478 e. The number of aromatic nitrogens is 2. The minimum Gasteiger partial charge on any atom is -0.478 e. The number of aryl methyl sites for hydroxylation is 2. The summed E-state index contributed by atoms with van der Waals surface area (Å²) < 4.78 is 22.2. The number of aromatic carboxylic acids is 1. The first-order valence-electron chi connectivity index (χ1n) is 13.1. The van der Waals surface area contributed by atoms with Crippen molar-refractivity contribution in [2.75, 3.05) is 11.3 Å². The lowest BCUT2D eigenvalue weighted by molar-refractivity contribution is 0.0696. The molecule has 1 heterocycles. The SMILES string of the molecule is Cc1cccc(C)c1-c1cc(OCC(CC(C)C)NC2CCC2)nc(NS(=O)c2cccc(C(=O)O)c2)n1. The average Bonchev–Trinajstić information content (AvgIpc) is 2.84. The summed E-state index contributed by atoms with van der Waals surface area (Å²) in [5.41, 5.74) is 3.80. The van der Waals surface area contributed by atoms with Gasteiger partial charge in [0.2, 0.25) is 11.8 Å². The Bertz CT molecular complexity index is 1290. The Kier molecular flexibility index (Phi) is 9.12. The third-order valence-corrected chi connectivity index (χ3v) is 7.73. The molecule has 2 atom stereocenters. The van der Waals surface area contributed by atoms with Gasteiger partial charge in [-0.25, -0.2) is 14.0 Å². The van der Waals surface area contributed by atoms with Gasteiger partial charge in [0, 0.05) is 23.7 Å². The zero-order chi connectivity index (χ0) is 27.2. The summed E-state index contributed by atoms with van der Waals surface area (Å²) in [6, 6.07) is 14.6. The molecule has 0 aliphatic heterocycles. The molecule has 1 aliphatic rings. The van der Waals surface area contributed by atoms with Crippen LogP contribution in [0.1, 0.15) is 61.0 Å². The number of carboxylic acids is 1. The van der Waals surface area contributed by atoms with Crippen LogP contribution in [0.25, 0.3) is 11.3 Å². The molecule has 1 aromatic heterocycles. The minimum absolute atomic E-state index is 0.0574. The third-order valence-electron chi connectivity index (χ3n) is 6.68. The van der Waals surface area contributed by atoms with Crippen molar-refractivity contribution < 1.29 is 18.8 Å². The van der Waals surface area contributed by atoms with Crippen LogP contribution in [-0.2, 0) is 11.0 Å². The van der Waals surface area contributed by atoms with Gasteiger partial charge in [0.15, 0.2) is 11.0 Å². The average molecular weight is 537 g/mol. The van der Waals surface area contributed by atoms with Crippen LogP contribution in [0.3, 0.4) is 0 Å². The number of carboxylic acid groups (broad SMARTS) is 1. The summed E-state index contributed by atoms with van der Waals surface area (Å²) in [5.74, 6) is -0.0283. The number of anilines is 1. The summed E-state index contributed by atoms with van der Waals surface area (Å²) >= 11 is 0. The minimum atomic E-state index is -1.77. The van der Waals surface area contributed by atoms with E-state index in [2.05, 4.69) is 33.9 Å². The predicted octanol–water partition coefficient (Wildman–Crippen LogP) is 5.53. The Hall–Kier alpha value is -3.30. The summed E-state index contributed by atoms with van der Waals surface area (Å²) in [6.45, 7) is 8.91. The van der Waals surface area contributed by atoms with Crippen LogP contribution in [0.2, 0.25) is 0 Å². The van der Waals surface area contributed by atoms with Crippen LogP contribution in [0.15, 0.2) is 53.4 Å². The van der Waals surface area contributed by atoms with Gasteiger partial charge in [-0.1, -0.05) is 44.5 Å². The van der Waals surface area contributed by atoms with Crippen molar-refractivity contribution >= 4 is 22.9 Å². The molecule has 0 radical (unpaired) electrons. The molecular formula is C29H36N4O4S. The van der Waals surface area contributed by atoms with Gasteiger partial charge in [0.05, 0.1) is 16.2 Å². The van der Waals surface area contributed by atoms with E-state index in [0.717, 1.165) is 23.1 Å². The van der Waals surface area contributed by atoms with Gasteiger partial charge in [0.25, 0.3) is 0 Å². The zero-order valence-corrected chi connectivity index (χ0v) is 23.2. The van der Waals surface area contributed by atoms with E-state index < -0.39 is 17.0 Å². The Morgan fingerprint density at radius 1 is 1.11 bits per heavy atom. The van der Waals surface area contributed by atoms with Crippen LogP contribution in [0.4, 0.5) is 5.95 Å². The maximum absolute atomic E-state index is 13.1. The third kappa shape index (κ3) is 7.17. The van der Waals surface area contributed by atoms with Crippen LogP contribution in [0.5, 0.6) is 5.88 Å². The number of nitrogens with one attached hydrogen (secondary N) is 2.